The molecule has 2 rings (SSSR count). The molecule has 3 nitrogen and oxygen atoms in total. The number of rotatable bonds is 1. The monoisotopic (exact) mass is 345 g/mol. The van der Waals surface area contributed by atoms with Crippen LogP contribution in [0.25, 0.3) is 10.9 Å². The van der Waals surface area contributed by atoms with Crippen LogP contribution < -0.4 is 0 Å². The number of carbonyl (C=O) groups excluding carboxylic acids is 1. The van der Waals surface area contributed by atoms with E-state index in [0.717, 1.165) is 0 Å². The highest BCUT2D eigenvalue weighted by molar-refractivity contribution is 14.1. The zero-order valence-corrected chi connectivity index (χ0v) is 12.3. The highest BCUT2D eigenvalue weighted by atomic mass is 127. The van der Waals surface area contributed by atoms with Crippen LogP contribution in [-0.4, -0.2) is 17.1 Å². The Morgan fingerprint density at radius 3 is 2.53 bits per heavy atom. The van der Waals surface area contributed by atoms with Gasteiger partial charge in [-0.3, -0.25) is 4.79 Å². The zero-order valence-electron chi connectivity index (χ0n) is 10.2. The van der Waals surface area contributed by atoms with Crippen molar-refractivity contribution >= 4 is 40.0 Å². The van der Waals surface area contributed by atoms with Gasteiger partial charge in [-0.2, -0.15) is 0 Å². The van der Waals surface area contributed by atoms with Crippen molar-refractivity contribution < 1.29 is 9.53 Å². The van der Waals surface area contributed by atoms with Crippen LogP contribution in [0.3, 0.4) is 0 Å². The number of nitrogens with one attached hydrogen (secondary N) is 1. The number of halogens is 1. The molecule has 0 aliphatic carbocycles. The number of ether oxygens (including phenoxy) is 1. The molecule has 0 spiro atoms. The summed E-state index contributed by atoms with van der Waals surface area (Å²) >= 11 is 2.31. The van der Waals surface area contributed by atoms with Crippen LogP contribution >= 0.6 is 22.6 Å². The summed E-state index contributed by atoms with van der Waals surface area (Å²) in [6, 6.07) is 8.43. The molecule has 17 heavy (non-hydrogen) atoms. The molecule has 0 saturated carbocycles. The number of H-pyrrole nitrogens is 1. The number of aromatic amines is 1. The van der Waals surface area contributed by atoms with E-state index in [2.05, 4.69) is 56.6 Å². The Labute approximate surface area is 115 Å². The van der Waals surface area contributed by atoms with Crippen molar-refractivity contribution in [2.75, 3.05) is 0 Å². The first-order valence-electron chi connectivity index (χ1n) is 5.26. The van der Waals surface area contributed by atoms with Crippen molar-refractivity contribution in [3.8, 4) is 0 Å². The van der Waals surface area contributed by atoms with Crippen LogP contribution in [0.5, 0.6) is 0 Å². The van der Waals surface area contributed by atoms with Crippen LogP contribution in [-0.2, 0) is 9.53 Å². The third kappa shape index (κ3) is 5.21. The topological polar surface area (TPSA) is 42.1 Å². The van der Waals surface area contributed by atoms with Crippen LogP contribution in [0.4, 0.5) is 0 Å². The SMILES string of the molecule is CC(C)(C)OC=O.Ic1ccc2[nH]ccc2c1. The van der Waals surface area contributed by atoms with Crippen molar-refractivity contribution in [3.05, 3.63) is 34.0 Å². The summed E-state index contributed by atoms with van der Waals surface area (Å²) < 4.78 is 5.83. The van der Waals surface area contributed by atoms with Gasteiger partial charge in [0.2, 0.25) is 0 Å². The number of hydrogen-bond donors (Lipinski definition) is 1. The molecule has 0 fully saturated rings. The Bertz CT molecular complexity index is 485. The van der Waals surface area contributed by atoms with E-state index in [1.807, 2.05) is 27.0 Å². The van der Waals surface area contributed by atoms with Crippen LogP contribution in [0.2, 0.25) is 0 Å². The minimum atomic E-state index is -0.318. The summed E-state index contributed by atoms with van der Waals surface area (Å²) in [6.45, 7) is 5.92. The molecule has 0 unspecified atom stereocenters. The van der Waals surface area contributed by atoms with Crippen molar-refractivity contribution in [1.82, 2.24) is 4.98 Å². The molecule has 0 amide bonds. The number of aromatic nitrogens is 1. The van der Waals surface area contributed by atoms with Gasteiger partial charge in [0.05, 0.1) is 0 Å². The molecular weight excluding hydrogens is 329 g/mol. The minimum absolute atomic E-state index is 0.318. The van der Waals surface area contributed by atoms with Crippen LogP contribution in [0.1, 0.15) is 20.8 Å². The molecule has 1 aromatic carbocycles. The number of hydrogen-bond acceptors (Lipinski definition) is 2. The highest BCUT2D eigenvalue weighted by Crippen LogP contribution is 2.14. The molecule has 0 saturated heterocycles. The van der Waals surface area contributed by atoms with Crippen molar-refractivity contribution in [2.45, 2.75) is 26.4 Å². The fourth-order valence-electron chi connectivity index (χ4n) is 1.17. The first-order valence-corrected chi connectivity index (χ1v) is 6.34. The molecule has 1 heterocycles. The lowest BCUT2D eigenvalue weighted by atomic mass is 10.2. The molecule has 0 radical (unpaired) electrons. The maximum atomic E-state index is 9.60. The normalized spacial score (nSPS) is 10.6. The number of carbonyl (C=O) groups is 1. The van der Waals surface area contributed by atoms with Gasteiger partial charge < -0.3 is 9.72 Å². The summed E-state index contributed by atoms with van der Waals surface area (Å²) in [5, 5.41) is 1.28. The molecule has 0 atom stereocenters. The molecular formula is C13H16INO2. The second kappa shape index (κ2) is 6.05. The van der Waals surface area contributed by atoms with E-state index in [1.165, 1.54) is 14.5 Å². The average Bonchev–Trinajstić information content (AvgIpc) is 2.63. The minimum Gasteiger partial charge on any atom is -0.462 e. The molecule has 4 heteroatoms. The van der Waals surface area contributed by atoms with Gasteiger partial charge in [0.15, 0.2) is 0 Å². The summed E-state index contributed by atoms with van der Waals surface area (Å²) in [5.74, 6) is 0. The van der Waals surface area contributed by atoms with E-state index >= 15 is 0 Å². The second-order valence-corrected chi connectivity index (χ2v) is 5.78. The Morgan fingerprint density at radius 2 is 2.00 bits per heavy atom. The number of benzene rings is 1. The van der Waals surface area contributed by atoms with Crippen molar-refractivity contribution in [1.29, 1.82) is 0 Å². The lowest BCUT2D eigenvalue weighted by molar-refractivity contribution is -0.138. The number of fused-ring (bicyclic) bond motifs is 1. The van der Waals surface area contributed by atoms with Gasteiger partial charge in [-0.15, -0.1) is 0 Å². The molecule has 0 bridgehead atoms. The second-order valence-electron chi connectivity index (χ2n) is 4.54. The van der Waals surface area contributed by atoms with Gasteiger partial charge in [0, 0.05) is 20.7 Å². The smallest absolute Gasteiger partial charge is 0.293 e. The quantitative estimate of drug-likeness (QED) is 0.632. The van der Waals surface area contributed by atoms with Crippen LogP contribution in [0.15, 0.2) is 30.5 Å². The van der Waals surface area contributed by atoms with Gasteiger partial charge in [0.25, 0.3) is 6.47 Å². The largest absolute Gasteiger partial charge is 0.462 e. The van der Waals surface area contributed by atoms with Crippen molar-refractivity contribution in [3.63, 3.8) is 0 Å². The summed E-state index contributed by atoms with van der Waals surface area (Å²) in [7, 11) is 0. The van der Waals surface area contributed by atoms with E-state index in [4.69, 9.17) is 0 Å². The predicted octanol–water partition coefficient (Wildman–Crippen LogP) is 3.73. The van der Waals surface area contributed by atoms with Crippen molar-refractivity contribution in [2.24, 2.45) is 0 Å². The van der Waals surface area contributed by atoms with Gasteiger partial charge >= 0.3 is 0 Å². The van der Waals surface area contributed by atoms with E-state index in [9.17, 15) is 4.79 Å². The molecule has 2 aromatic rings. The Hall–Kier alpha value is -1.04. The zero-order chi connectivity index (χ0) is 12.9. The standard InChI is InChI=1S/C8H6IN.C5H10O2/c9-7-1-2-8-6(5-7)3-4-10-8;1-5(2,3)7-4-6/h1-5,10H;4H,1-3H3. The van der Waals surface area contributed by atoms with E-state index in [0.29, 0.717) is 6.47 Å². The van der Waals surface area contributed by atoms with Gasteiger partial charge in [-0.25, -0.2) is 0 Å². The molecule has 1 aromatic heterocycles. The Morgan fingerprint density at radius 1 is 1.29 bits per heavy atom. The fourth-order valence-corrected chi connectivity index (χ4v) is 1.68. The van der Waals surface area contributed by atoms with Crippen LogP contribution in [0, 0.1) is 3.57 Å². The first kappa shape index (κ1) is 14.0. The van der Waals surface area contributed by atoms with Gasteiger partial charge in [0.1, 0.15) is 5.60 Å². The molecule has 1 N–H and O–H groups in total. The van der Waals surface area contributed by atoms with E-state index in [1.54, 1.807) is 0 Å². The van der Waals surface area contributed by atoms with E-state index in [-0.39, 0.29) is 5.60 Å². The van der Waals surface area contributed by atoms with E-state index < -0.39 is 0 Å². The lowest BCUT2D eigenvalue weighted by Gasteiger charge is -2.14. The Kier molecular flexibility index (Phi) is 4.99. The fraction of sp³-hybridized carbons (Fsp3) is 0.308. The molecule has 92 valence electrons. The third-order valence-corrected chi connectivity index (χ3v) is 2.59. The molecule has 0 aliphatic heterocycles. The highest BCUT2D eigenvalue weighted by Gasteiger charge is 2.07. The summed E-state index contributed by atoms with van der Waals surface area (Å²) in [4.78, 5) is 12.7. The summed E-state index contributed by atoms with van der Waals surface area (Å²) in [5.41, 5.74) is 0.891. The molecule has 0 aliphatic rings. The third-order valence-electron chi connectivity index (χ3n) is 1.92. The van der Waals surface area contributed by atoms with Gasteiger partial charge in [-0.1, -0.05) is 0 Å². The Balaban J connectivity index is 0.000000185. The maximum Gasteiger partial charge on any atom is 0.293 e. The first-order chi connectivity index (χ1) is 7.92. The summed E-state index contributed by atoms with van der Waals surface area (Å²) in [6.07, 6.45) is 1.96. The predicted molar refractivity (Wildman–Crippen MR) is 77.9 cm³/mol. The average molecular weight is 345 g/mol. The van der Waals surface area contributed by atoms with Gasteiger partial charge in [-0.05, 0) is 67.6 Å². The lowest BCUT2D eigenvalue weighted by Crippen LogP contribution is -2.17. The maximum absolute atomic E-state index is 9.60.